The molecule has 0 spiro atoms. The van der Waals surface area contributed by atoms with Crippen molar-refractivity contribution < 1.29 is 4.74 Å². The van der Waals surface area contributed by atoms with Crippen molar-refractivity contribution in [1.82, 2.24) is 0 Å². The standard InChI is InChI=1S/C7H10O/c1-3-7-4-2-6(1)5-8-7/h3,6H,1-2,4-5H2. The van der Waals surface area contributed by atoms with E-state index in [0.717, 1.165) is 12.5 Å². The molecule has 1 fully saturated rings. The van der Waals surface area contributed by atoms with Crippen molar-refractivity contribution in [2.75, 3.05) is 6.61 Å². The molecule has 0 aromatic rings. The molecule has 0 aromatic heterocycles. The van der Waals surface area contributed by atoms with E-state index in [2.05, 4.69) is 6.08 Å². The Morgan fingerprint density at radius 1 is 1.62 bits per heavy atom. The second-order valence-electron chi connectivity index (χ2n) is 2.62. The third-order valence-corrected chi connectivity index (χ3v) is 1.98. The van der Waals surface area contributed by atoms with Crippen LogP contribution in [0.25, 0.3) is 0 Å². The van der Waals surface area contributed by atoms with Crippen molar-refractivity contribution in [2.24, 2.45) is 5.92 Å². The Morgan fingerprint density at radius 2 is 2.62 bits per heavy atom. The van der Waals surface area contributed by atoms with E-state index >= 15 is 0 Å². The van der Waals surface area contributed by atoms with Crippen molar-refractivity contribution >= 4 is 0 Å². The fourth-order valence-corrected chi connectivity index (χ4v) is 1.37. The summed E-state index contributed by atoms with van der Waals surface area (Å²) in [7, 11) is 0. The maximum absolute atomic E-state index is 5.34. The lowest BCUT2D eigenvalue weighted by Gasteiger charge is -2.29. The van der Waals surface area contributed by atoms with Gasteiger partial charge < -0.3 is 4.74 Å². The van der Waals surface area contributed by atoms with Crippen LogP contribution >= 0.6 is 0 Å². The molecular weight excluding hydrogens is 100 g/mol. The Morgan fingerprint density at radius 3 is 2.75 bits per heavy atom. The van der Waals surface area contributed by atoms with Gasteiger partial charge in [-0.25, -0.2) is 0 Å². The summed E-state index contributed by atoms with van der Waals surface area (Å²) in [6, 6.07) is 0. The topological polar surface area (TPSA) is 9.23 Å². The highest BCUT2D eigenvalue weighted by molar-refractivity contribution is 5.02. The second-order valence-corrected chi connectivity index (χ2v) is 2.62. The fourth-order valence-electron chi connectivity index (χ4n) is 1.37. The van der Waals surface area contributed by atoms with Gasteiger partial charge in [0.2, 0.25) is 0 Å². The molecule has 0 aromatic carbocycles. The van der Waals surface area contributed by atoms with Gasteiger partial charge in [-0.3, -0.25) is 0 Å². The average molecular weight is 110 g/mol. The number of ether oxygens (including phenoxy) is 1. The fraction of sp³-hybridized carbons (Fsp3) is 0.714. The summed E-state index contributed by atoms with van der Waals surface area (Å²) in [5, 5.41) is 0. The van der Waals surface area contributed by atoms with E-state index in [1.165, 1.54) is 25.0 Å². The Hall–Kier alpha value is -0.460. The molecule has 1 nitrogen and oxygen atoms in total. The molecular formula is C7H10O. The molecule has 2 aliphatic heterocycles. The Labute approximate surface area is 49.3 Å². The summed E-state index contributed by atoms with van der Waals surface area (Å²) in [5.74, 6) is 2.10. The van der Waals surface area contributed by atoms with Crippen LogP contribution in [0.1, 0.15) is 19.3 Å². The van der Waals surface area contributed by atoms with E-state index in [4.69, 9.17) is 4.74 Å². The number of hydrogen-bond acceptors (Lipinski definition) is 1. The van der Waals surface area contributed by atoms with Crippen LogP contribution < -0.4 is 0 Å². The minimum Gasteiger partial charge on any atom is -0.498 e. The predicted molar refractivity (Wildman–Crippen MR) is 31.4 cm³/mol. The normalized spacial score (nSPS) is 34.0. The Kier molecular flexibility index (Phi) is 0.833. The molecule has 1 unspecified atom stereocenters. The average Bonchev–Trinajstić information content (AvgIpc) is 1.92. The van der Waals surface area contributed by atoms with Crippen LogP contribution in [-0.2, 0) is 4.74 Å². The molecule has 1 saturated heterocycles. The molecule has 1 aliphatic carbocycles. The molecule has 0 radical (unpaired) electrons. The van der Waals surface area contributed by atoms with Crippen LogP contribution in [-0.4, -0.2) is 6.61 Å². The first-order chi connectivity index (χ1) is 3.95. The van der Waals surface area contributed by atoms with E-state index in [-0.39, 0.29) is 0 Å². The van der Waals surface area contributed by atoms with Crippen molar-refractivity contribution in [3.05, 3.63) is 11.8 Å². The zero-order valence-corrected chi connectivity index (χ0v) is 4.89. The number of rotatable bonds is 0. The molecule has 0 amide bonds. The lowest BCUT2D eigenvalue weighted by Crippen LogP contribution is -2.20. The van der Waals surface area contributed by atoms with E-state index in [1.807, 2.05) is 0 Å². The maximum atomic E-state index is 5.34. The van der Waals surface area contributed by atoms with Gasteiger partial charge in [0.15, 0.2) is 0 Å². The summed E-state index contributed by atoms with van der Waals surface area (Å²) < 4.78 is 5.34. The van der Waals surface area contributed by atoms with Crippen LogP contribution in [0.15, 0.2) is 11.8 Å². The van der Waals surface area contributed by atoms with Gasteiger partial charge in [0.05, 0.1) is 12.4 Å². The van der Waals surface area contributed by atoms with Gasteiger partial charge in [0, 0.05) is 6.42 Å². The highest BCUT2D eigenvalue weighted by Gasteiger charge is 2.21. The minimum absolute atomic E-state index is 0.854. The van der Waals surface area contributed by atoms with E-state index in [9.17, 15) is 0 Å². The molecule has 3 aliphatic rings. The van der Waals surface area contributed by atoms with E-state index in [0.29, 0.717) is 0 Å². The largest absolute Gasteiger partial charge is 0.498 e. The highest BCUT2D eigenvalue weighted by atomic mass is 16.5. The first-order valence-electron chi connectivity index (χ1n) is 3.27. The van der Waals surface area contributed by atoms with Gasteiger partial charge in [0.1, 0.15) is 0 Å². The summed E-state index contributed by atoms with van der Waals surface area (Å²) in [5.41, 5.74) is 0. The molecule has 1 heteroatoms. The second kappa shape index (κ2) is 1.51. The van der Waals surface area contributed by atoms with Crippen LogP contribution in [0.5, 0.6) is 0 Å². The molecule has 0 saturated carbocycles. The first-order valence-corrected chi connectivity index (χ1v) is 3.27. The SMILES string of the molecule is C1=C2CCC(C1)CO2. The van der Waals surface area contributed by atoms with Crippen molar-refractivity contribution in [3.8, 4) is 0 Å². The third kappa shape index (κ3) is 0.540. The molecule has 1 atom stereocenters. The lowest BCUT2D eigenvalue weighted by atomic mass is 9.91. The summed E-state index contributed by atoms with van der Waals surface area (Å²) >= 11 is 0. The van der Waals surface area contributed by atoms with Crippen molar-refractivity contribution in [3.63, 3.8) is 0 Å². The molecule has 8 heavy (non-hydrogen) atoms. The van der Waals surface area contributed by atoms with E-state index in [1.54, 1.807) is 0 Å². The monoisotopic (exact) mass is 110 g/mol. The zero-order chi connectivity index (χ0) is 5.40. The lowest BCUT2D eigenvalue weighted by molar-refractivity contribution is 0.0963. The van der Waals surface area contributed by atoms with Crippen LogP contribution in [0.3, 0.4) is 0 Å². The Bertz CT molecular complexity index is 116. The summed E-state index contributed by atoms with van der Waals surface area (Å²) in [6.45, 7) is 0.992. The molecule has 2 bridgehead atoms. The quantitative estimate of drug-likeness (QED) is 0.461. The molecule has 44 valence electrons. The van der Waals surface area contributed by atoms with Crippen LogP contribution in [0.2, 0.25) is 0 Å². The van der Waals surface area contributed by atoms with Crippen molar-refractivity contribution in [1.29, 1.82) is 0 Å². The van der Waals surface area contributed by atoms with Gasteiger partial charge in [-0.05, 0) is 24.8 Å². The third-order valence-electron chi connectivity index (χ3n) is 1.98. The van der Waals surface area contributed by atoms with Gasteiger partial charge in [0.25, 0.3) is 0 Å². The number of fused-ring (bicyclic) bond motifs is 3. The van der Waals surface area contributed by atoms with Crippen LogP contribution in [0, 0.1) is 5.92 Å². The smallest absolute Gasteiger partial charge is 0.0920 e. The molecule has 2 heterocycles. The van der Waals surface area contributed by atoms with Gasteiger partial charge in [-0.2, -0.15) is 0 Å². The Balaban J connectivity index is 2.22. The summed E-state index contributed by atoms with van der Waals surface area (Å²) in [4.78, 5) is 0. The zero-order valence-electron chi connectivity index (χ0n) is 4.89. The van der Waals surface area contributed by atoms with E-state index < -0.39 is 0 Å². The number of hydrogen-bond donors (Lipinski definition) is 0. The van der Waals surface area contributed by atoms with Gasteiger partial charge in [-0.15, -0.1) is 0 Å². The van der Waals surface area contributed by atoms with Gasteiger partial charge in [-0.1, -0.05) is 0 Å². The van der Waals surface area contributed by atoms with Gasteiger partial charge >= 0.3 is 0 Å². The summed E-state index contributed by atoms with van der Waals surface area (Å²) in [6.07, 6.45) is 6.07. The predicted octanol–water partition coefficient (Wildman–Crippen LogP) is 1.70. The van der Waals surface area contributed by atoms with Crippen LogP contribution in [0.4, 0.5) is 0 Å². The highest BCUT2D eigenvalue weighted by Crippen LogP contribution is 2.30. The first kappa shape index (κ1) is 4.42. The molecule has 3 rings (SSSR count). The van der Waals surface area contributed by atoms with Crippen molar-refractivity contribution in [2.45, 2.75) is 19.3 Å². The number of allylic oxidation sites excluding steroid dienone is 2. The molecule has 0 N–H and O–H groups in total. The maximum Gasteiger partial charge on any atom is 0.0920 e. The minimum atomic E-state index is 0.854.